The second-order valence-electron chi connectivity index (χ2n) is 5.94. The smallest absolute Gasteiger partial charge is 0.272 e. The fourth-order valence-corrected chi connectivity index (χ4v) is 3.27. The molecule has 1 fully saturated rings. The Kier molecular flexibility index (Phi) is 4.92. The molecule has 1 aliphatic rings. The first kappa shape index (κ1) is 16.6. The quantitative estimate of drug-likeness (QED) is 0.842. The molecule has 2 aromatic rings. The van der Waals surface area contributed by atoms with Gasteiger partial charge in [0, 0.05) is 38.1 Å². The Labute approximate surface area is 139 Å². The number of nitrogens with zero attached hydrogens (tertiary/aromatic N) is 5. The van der Waals surface area contributed by atoms with Gasteiger partial charge >= 0.3 is 0 Å². The van der Waals surface area contributed by atoms with Crippen LogP contribution in [0.15, 0.2) is 24.7 Å². The number of hydrogen-bond acceptors (Lipinski definition) is 3. The molecule has 0 spiro atoms. The molecule has 1 amide bonds. The molecule has 0 aromatic carbocycles. The zero-order chi connectivity index (χ0) is 17.1. The summed E-state index contributed by atoms with van der Waals surface area (Å²) in [6.45, 7) is 2.67. The van der Waals surface area contributed by atoms with E-state index in [1.54, 1.807) is 11.1 Å². The van der Waals surface area contributed by atoms with Crippen LogP contribution in [0.5, 0.6) is 0 Å². The lowest BCUT2D eigenvalue weighted by Gasteiger charge is -2.34. The Hall–Kier alpha value is -2.25. The first-order valence-electron chi connectivity index (χ1n) is 8.21. The Balaban J connectivity index is 1.75. The molecule has 1 atom stereocenters. The van der Waals surface area contributed by atoms with Crippen molar-refractivity contribution in [3.8, 4) is 0 Å². The Morgan fingerprint density at radius 3 is 3.00 bits per heavy atom. The molecule has 6 nitrogen and oxygen atoms in total. The van der Waals surface area contributed by atoms with Gasteiger partial charge in [0.1, 0.15) is 18.1 Å². The topological polar surface area (TPSA) is 56.0 Å². The van der Waals surface area contributed by atoms with Gasteiger partial charge in [-0.2, -0.15) is 5.10 Å². The number of aryl methyl sites for hydroxylation is 1. The number of halogens is 2. The number of carbonyl (C=O) groups excluding carboxylic acids is 1. The number of likely N-dealkylation sites (tertiary alicyclic amines) is 1. The van der Waals surface area contributed by atoms with E-state index in [1.807, 2.05) is 13.1 Å². The van der Waals surface area contributed by atoms with Crippen LogP contribution >= 0.6 is 0 Å². The second kappa shape index (κ2) is 7.11. The van der Waals surface area contributed by atoms with Crippen molar-refractivity contribution in [3.05, 3.63) is 36.2 Å². The van der Waals surface area contributed by atoms with Crippen LogP contribution < -0.4 is 0 Å². The lowest BCUT2D eigenvalue weighted by atomic mass is 10.0. The van der Waals surface area contributed by atoms with E-state index < -0.39 is 13.0 Å². The van der Waals surface area contributed by atoms with Gasteiger partial charge in [0.15, 0.2) is 0 Å². The van der Waals surface area contributed by atoms with Gasteiger partial charge in [-0.3, -0.25) is 9.48 Å². The number of amides is 1. The van der Waals surface area contributed by atoms with E-state index in [0.29, 0.717) is 13.1 Å². The number of piperidine rings is 1. The van der Waals surface area contributed by atoms with Crippen LogP contribution in [-0.4, -0.2) is 49.7 Å². The fraction of sp³-hybridized carbons (Fsp3) is 0.562. The monoisotopic (exact) mass is 337 g/mol. The highest BCUT2D eigenvalue weighted by molar-refractivity contribution is 5.92. The molecular weight excluding hydrogens is 316 g/mol. The Bertz CT molecular complexity index is 696. The summed E-state index contributed by atoms with van der Waals surface area (Å²) in [5, 5.41) is 3.84. The van der Waals surface area contributed by atoms with Gasteiger partial charge in [0.2, 0.25) is 0 Å². The van der Waals surface area contributed by atoms with Crippen LogP contribution in [0.1, 0.15) is 42.1 Å². The first-order chi connectivity index (χ1) is 11.6. The maximum atomic E-state index is 12.7. The van der Waals surface area contributed by atoms with Crippen LogP contribution in [0.2, 0.25) is 0 Å². The van der Waals surface area contributed by atoms with Gasteiger partial charge < -0.3 is 9.47 Å². The zero-order valence-electron chi connectivity index (χ0n) is 13.6. The lowest BCUT2D eigenvalue weighted by molar-refractivity contribution is 0.0654. The van der Waals surface area contributed by atoms with Crippen molar-refractivity contribution in [1.82, 2.24) is 24.2 Å². The van der Waals surface area contributed by atoms with E-state index in [-0.39, 0.29) is 17.6 Å². The van der Waals surface area contributed by atoms with E-state index in [9.17, 15) is 13.6 Å². The number of alkyl halides is 2. The predicted octanol–water partition coefficient (Wildman–Crippen LogP) is 2.38. The average Bonchev–Trinajstić information content (AvgIpc) is 3.22. The molecule has 1 saturated heterocycles. The van der Waals surface area contributed by atoms with Crippen LogP contribution in [0.25, 0.3) is 0 Å². The summed E-state index contributed by atoms with van der Waals surface area (Å²) in [4.78, 5) is 18.8. The van der Waals surface area contributed by atoms with Crippen LogP contribution in [0, 0.1) is 0 Å². The molecule has 0 saturated carbocycles. The van der Waals surface area contributed by atoms with E-state index >= 15 is 0 Å². The molecule has 3 rings (SSSR count). The van der Waals surface area contributed by atoms with Crippen molar-refractivity contribution >= 4 is 5.91 Å². The third-order valence-electron chi connectivity index (χ3n) is 4.39. The summed E-state index contributed by atoms with van der Waals surface area (Å²) in [5.41, 5.74) is 0.220. The van der Waals surface area contributed by atoms with Crippen molar-refractivity contribution in [1.29, 1.82) is 0 Å². The normalized spacial score (nSPS) is 18.3. The highest BCUT2D eigenvalue weighted by atomic mass is 19.3. The largest absolute Gasteiger partial charge is 0.335 e. The van der Waals surface area contributed by atoms with Crippen molar-refractivity contribution in [2.75, 3.05) is 13.1 Å². The maximum absolute atomic E-state index is 12.7. The number of rotatable bonds is 5. The zero-order valence-corrected chi connectivity index (χ0v) is 13.6. The van der Waals surface area contributed by atoms with Gasteiger partial charge in [-0.25, -0.2) is 13.8 Å². The summed E-state index contributed by atoms with van der Waals surface area (Å²) in [5.74, 6) is 0.757. The Morgan fingerprint density at radius 2 is 2.25 bits per heavy atom. The number of hydrogen-bond donors (Lipinski definition) is 0. The molecule has 3 heterocycles. The minimum atomic E-state index is -2.54. The minimum absolute atomic E-state index is 0.173. The molecule has 8 heteroatoms. The highest BCUT2D eigenvalue weighted by Gasteiger charge is 2.28. The van der Waals surface area contributed by atoms with E-state index in [2.05, 4.69) is 14.6 Å². The molecule has 0 radical (unpaired) electrons. The van der Waals surface area contributed by atoms with Crippen LogP contribution in [-0.2, 0) is 13.0 Å². The number of imidazole rings is 1. The summed E-state index contributed by atoms with van der Waals surface area (Å²) >= 11 is 0. The van der Waals surface area contributed by atoms with Gasteiger partial charge in [-0.05, 0) is 18.9 Å². The third-order valence-corrected chi connectivity index (χ3v) is 4.39. The summed E-state index contributed by atoms with van der Waals surface area (Å²) in [7, 11) is 0. The third kappa shape index (κ3) is 3.32. The van der Waals surface area contributed by atoms with Crippen molar-refractivity contribution in [2.24, 2.45) is 0 Å². The maximum Gasteiger partial charge on any atom is 0.272 e. The molecule has 1 aliphatic heterocycles. The molecule has 0 aliphatic carbocycles. The van der Waals surface area contributed by atoms with E-state index in [4.69, 9.17) is 0 Å². The van der Waals surface area contributed by atoms with Crippen LogP contribution in [0.3, 0.4) is 0 Å². The summed E-state index contributed by atoms with van der Waals surface area (Å²) in [6.07, 6.45) is 5.25. The minimum Gasteiger partial charge on any atom is -0.335 e. The molecule has 2 aromatic heterocycles. The number of carbonyl (C=O) groups is 1. The molecular formula is C16H21F2N5O. The summed E-state index contributed by atoms with van der Waals surface area (Å²) < 4.78 is 28.4. The van der Waals surface area contributed by atoms with Gasteiger partial charge in [-0.1, -0.05) is 6.92 Å². The van der Waals surface area contributed by atoms with Gasteiger partial charge in [0.25, 0.3) is 12.3 Å². The van der Waals surface area contributed by atoms with Gasteiger partial charge in [-0.15, -0.1) is 0 Å². The van der Waals surface area contributed by atoms with Crippen molar-refractivity contribution < 1.29 is 13.6 Å². The molecule has 0 N–H and O–H groups in total. The molecule has 0 bridgehead atoms. The van der Waals surface area contributed by atoms with Crippen molar-refractivity contribution in [2.45, 2.75) is 45.2 Å². The van der Waals surface area contributed by atoms with E-state index in [1.165, 1.54) is 12.3 Å². The van der Waals surface area contributed by atoms with Gasteiger partial charge in [0.05, 0.1) is 6.04 Å². The van der Waals surface area contributed by atoms with Crippen molar-refractivity contribution in [3.63, 3.8) is 0 Å². The Morgan fingerprint density at radius 1 is 1.42 bits per heavy atom. The predicted molar refractivity (Wildman–Crippen MR) is 84.0 cm³/mol. The first-order valence-corrected chi connectivity index (χ1v) is 8.21. The lowest BCUT2D eigenvalue weighted by Crippen LogP contribution is -2.41. The second-order valence-corrected chi connectivity index (χ2v) is 5.94. The highest BCUT2D eigenvalue weighted by Crippen LogP contribution is 2.24. The SMILES string of the molecule is CCc1nccn1[C@@H]1CCCN(C(=O)c2ccnn2CC(F)F)C1. The van der Waals surface area contributed by atoms with E-state index in [0.717, 1.165) is 29.8 Å². The standard InChI is InChI=1S/C16H21F2N5O/c1-2-15-19-7-9-22(15)12-4-3-8-21(10-12)16(24)13-5-6-20-23(13)11-14(17)18/h5-7,9,12,14H,2-4,8,10-11H2,1H3/t12-/m1/s1. The average molecular weight is 337 g/mol. The number of aromatic nitrogens is 4. The summed E-state index contributed by atoms with van der Waals surface area (Å²) in [6, 6.07) is 1.68. The molecule has 0 unspecified atom stereocenters. The molecule has 130 valence electrons. The fourth-order valence-electron chi connectivity index (χ4n) is 3.27. The van der Waals surface area contributed by atoms with Crippen LogP contribution in [0.4, 0.5) is 8.78 Å². The molecule has 24 heavy (non-hydrogen) atoms.